The molecule has 3 N–H and O–H groups in total. The molecule has 3 atom stereocenters. The number of rotatable bonds is 13. The molecule has 0 aromatic heterocycles. The van der Waals surface area contributed by atoms with Crippen molar-refractivity contribution in [2.75, 3.05) is 7.11 Å². The highest BCUT2D eigenvalue weighted by atomic mass is 16.5. The van der Waals surface area contributed by atoms with Crippen LogP contribution in [-0.4, -0.2) is 54.7 Å². The van der Waals surface area contributed by atoms with Crippen molar-refractivity contribution in [2.24, 2.45) is 0 Å². The molecule has 208 valence electrons. The van der Waals surface area contributed by atoms with E-state index >= 15 is 0 Å². The molecular formula is C31H33N3O6. The number of hydrogen-bond acceptors (Lipinski definition) is 6. The Bertz CT molecular complexity index is 1300. The molecule has 9 nitrogen and oxygen atoms in total. The summed E-state index contributed by atoms with van der Waals surface area (Å²) in [5, 5.41) is 7.93. The molecule has 0 spiro atoms. The molecule has 0 aliphatic rings. The number of nitrogens with one attached hydrogen (secondary N) is 3. The molecule has 40 heavy (non-hydrogen) atoms. The number of carbonyl (C=O) groups is 5. The summed E-state index contributed by atoms with van der Waals surface area (Å²) in [5.74, 6) is -3.34. The van der Waals surface area contributed by atoms with Crippen LogP contribution in [0.4, 0.5) is 0 Å². The fraction of sp³-hybridized carbons (Fsp3) is 0.258. The molecule has 3 aromatic carbocycles. The Kier molecular flexibility index (Phi) is 11.1. The summed E-state index contributed by atoms with van der Waals surface area (Å²) >= 11 is 0. The van der Waals surface area contributed by atoms with E-state index in [9.17, 15) is 24.0 Å². The molecule has 0 fully saturated rings. The third-order valence-electron chi connectivity index (χ3n) is 6.15. The van der Waals surface area contributed by atoms with Crippen LogP contribution in [-0.2, 0) is 36.8 Å². The molecule has 0 radical (unpaired) electrons. The van der Waals surface area contributed by atoms with Crippen molar-refractivity contribution < 1.29 is 28.7 Å². The highest BCUT2D eigenvalue weighted by Crippen LogP contribution is 2.08. The predicted octanol–water partition coefficient (Wildman–Crippen LogP) is 2.39. The smallest absolute Gasteiger partial charge is 0.328 e. The van der Waals surface area contributed by atoms with Gasteiger partial charge in [-0.2, -0.15) is 0 Å². The highest BCUT2D eigenvalue weighted by Gasteiger charge is 2.28. The van der Waals surface area contributed by atoms with Gasteiger partial charge in [0.1, 0.15) is 12.1 Å². The Hall–Kier alpha value is -4.79. The van der Waals surface area contributed by atoms with Crippen molar-refractivity contribution in [3.05, 3.63) is 108 Å². The Morgan fingerprint density at radius 3 is 1.70 bits per heavy atom. The number of Topliss-reactive ketones (excluding diaryl/α,β-unsaturated/α-hetero) is 1. The van der Waals surface area contributed by atoms with E-state index in [0.29, 0.717) is 5.56 Å². The topological polar surface area (TPSA) is 131 Å². The van der Waals surface area contributed by atoms with Crippen LogP contribution in [0.1, 0.15) is 34.8 Å². The van der Waals surface area contributed by atoms with Gasteiger partial charge < -0.3 is 20.7 Å². The minimum atomic E-state index is -1.04. The monoisotopic (exact) mass is 543 g/mol. The second-order valence-corrected chi connectivity index (χ2v) is 9.36. The number of esters is 1. The molecule has 3 rings (SSSR count). The number of hydrogen-bond donors (Lipinski definition) is 3. The normalized spacial score (nSPS) is 12.8. The molecule has 9 heteroatoms. The van der Waals surface area contributed by atoms with Crippen LogP contribution in [0.25, 0.3) is 0 Å². The lowest BCUT2D eigenvalue weighted by Crippen LogP contribution is -2.51. The van der Waals surface area contributed by atoms with Gasteiger partial charge in [0.15, 0.2) is 0 Å². The van der Waals surface area contributed by atoms with Gasteiger partial charge >= 0.3 is 5.97 Å². The van der Waals surface area contributed by atoms with E-state index in [-0.39, 0.29) is 19.3 Å². The fourth-order valence-electron chi connectivity index (χ4n) is 4.08. The maximum Gasteiger partial charge on any atom is 0.328 e. The number of ether oxygens (including phenoxy) is 1. The van der Waals surface area contributed by atoms with Gasteiger partial charge in [-0.3, -0.25) is 19.2 Å². The van der Waals surface area contributed by atoms with Gasteiger partial charge in [0.2, 0.25) is 11.7 Å². The van der Waals surface area contributed by atoms with Crippen LogP contribution in [0.2, 0.25) is 0 Å². The summed E-state index contributed by atoms with van der Waals surface area (Å²) in [6.07, 6.45) is 0.0787. The summed E-state index contributed by atoms with van der Waals surface area (Å²) in [6, 6.07) is 24.1. The van der Waals surface area contributed by atoms with Crippen molar-refractivity contribution in [1.29, 1.82) is 0 Å². The van der Waals surface area contributed by atoms with Gasteiger partial charge in [0.25, 0.3) is 11.8 Å². The average molecular weight is 544 g/mol. The largest absolute Gasteiger partial charge is 0.467 e. The maximum atomic E-state index is 13.2. The first-order valence-electron chi connectivity index (χ1n) is 12.9. The van der Waals surface area contributed by atoms with E-state index in [0.717, 1.165) is 11.1 Å². The zero-order valence-corrected chi connectivity index (χ0v) is 22.5. The first-order valence-corrected chi connectivity index (χ1v) is 12.9. The number of amides is 3. The van der Waals surface area contributed by atoms with Crippen molar-refractivity contribution in [3.8, 4) is 0 Å². The summed E-state index contributed by atoms with van der Waals surface area (Å²) in [7, 11) is 1.20. The standard InChI is InChI=1S/C31H33N3O6/c1-21(18-27(35)30(38)34-26(31(39)40-2)20-23-14-8-4-9-15-23)32-29(37)25(19-22-12-6-3-7-13-22)33-28(36)24-16-10-5-11-17-24/h3-17,21,25-26H,18-20H2,1-2H3,(H,32,37)(H,33,36)(H,34,38)/t21?,25-,26-/m0/s1. The van der Waals surface area contributed by atoms with Crippen LogP contribution in [0, 0.1) is 0 Å². The Balaban J connectivity index is 1.61. The minimum Gasteiger partial charge on any atom is -0.467 e. The summed E-state index contributed by atoms with van der Waals surface area (Å²) in [4.78, 5) is 63.5. The molecule has 3 aromatic rings. The molecule has 0 bridgehead atoms. The average Bonchev–Trinajstić information content (AvgIpc) is 2.97. The van der Waals surface area contributed by atoms with Crippen LogP contribution >= 0.6 is 0 Å². The van der Waals surface area contributed by atoms with Crippen molar-refractivity contribution >= 4 is 29.5 Å². The van der Waals surface area contributed by atoms with Crippen molar-refractivity contribution in [2.45, 2.75) is 44.3 Å². The molecule has 0 saturated heterocycles. The van der Waals surface area contributed by atoms with E-state index in [2.05, 4.69) is 16.0 Å². The van der Waals surface area contributed by atoms with Gasteiger partial charge in [0.05, 0.1) is 7.11 Å². The van der Waals surface area contributed by atoms with E-state index < -0.39 is 47.6 Å². The molecule has 1 unspecified atom stereocenters. The van der Waals surface area contributed by atoms with Gasteiger partial charge in [0, 0.05) is 30.9 Å². The lowest BCUT2D eigenvalue weighted by Gasteiger charge is -2.22. The molecule has 0 heterocycles. The lowest BCUT2D eigenvalue weighted by molar-refractivity contribution is -0.146. The third kappa shape index (κ3) is 9.20. The summed E-state index contributed by atoms with van der Waals surface area (Å²) in [6.45, 7) is 1.59. The SMILES string of the molecule is COC(=O)[C@H](Cc1ccccc1)NC(=O)C(=O)CC(C)NC(=O)[C@H](Cc1ccccc1)NC(=O)c1ccccc1. The van der Waals surface area contributed by atoms with Crippen LogP contribution in [0.5, 0.6) is 0 Å². The predicted molar refractivity (Wildman–Crippen MR) is 149 cm³/mol. The Labute approximate surface area is 233 Å². The van der Waals surface area contributed by atoms with E-state index in [1.807, 2.05) is 36.4 Å². The van der Waals surface area contributed by atoms with Crippen LogP contribution < -0.4 is 16.0 Å². The van der Waals surface area contributed by atoms with Crippen molar-refractivity contribution in [3.63, 3.8) is 0 Å². The fourth-order valence-corrected chi connectivity index (χ4v) is 4.08. The summed E-state index contributed by atoms with van der Waals surface area (Å²) in [5.41, 5.74) is 2.03. The molecule has 0 aliphatic carbocycles. The van der Waals surface area contributed by atoms with Crippen LogP contribution in [0.15, 0.2) is 91.0 Å². The molecular weight excluding hydrogens is 510 g/mol. The Morgan fingerprint density at radius 2 is 1.18 bits per heavy atom. The minimum absolute atomic E-state index is 0.154. The number of carbonyl (C=O) groups excluding carboxylic acids is 5. The summed E-state index contributed by atoms with van der Waals surface area (Å²) < 4.78 is 4.78. The lowest BCUT2D eigenvalue weighted by atomic mass is 10.0. The number of benzene rings is 3. The zero-order valence-electron chi connectivity index (χ0n) is 22.5. The van der Waals surface area contributed by atoms with E-state index in [1.165, 1.54) is 7.11 Å². The Morgan fingerprint density at radius 1 is 0.675 bits per heavy atom. The molecule has 0 saturated carbocycles. The molecule has 3 amide bonds. The molecule has 0 aliphatic heterocycles. The zero-order chi connectivity index (χ0) is 28.9. The van der Waals surface area contributed by atoms with E-state index in [4.69, 9.17) is 4.74 Å². The quantitative estimate of drug-likeness (QED) is 0.224. The van der Waals surface area contributed by atoms with Gasteiger partial charge in [-0.25, -0.2) is 4.79 Å². The van der Waals surface area contributed by atoms with Crippen molar-refractivity contribution in [1.82, 2.24) is 16.0 Å². The first kappa shape index (κ1) is 29.8. The van der Waals surface area contributed by atoms with Gasteiger partial charge in [-0.05, 0) is 30.2 Å². The number of methoxy groups -OCH3 is 1. The van der Waals surface area contributed by atoms with Gasteiger partial charge in [-0.1, -0.05) is 78.9 Å². The second kappa shape index (κ2) is 15.0. The highest BCUT2D eigenvalue weighted by molar-refractivity contribution is 6.36. The second-order valence-electron chi connectivity index (χ2n) is 9.36. The van der Waals surface area contributed by atoms with Crippen LogP contribution in [0.3, 0.4) is 0 Å². The van der Waals surface area contributed by atoms with Gasteiger partial charge in [-0.15, -0.1) is 0 Å². The van der Waals surface area contributed by atoms with E-state index in [1.54, 1.807) is 61.5 Å². The third-order valence-corrected chi connectivity index (χ3v) is 6.15. The first-order chi connectivity index (χ1) is 19.3. The maximum absolute atomic E-state index is 13.2. The number of ketones is 1.